The molecule has 0 spiro atoms. The lowest BCUT2D eigenvalue weighted by Gasteiger charge is -2.29. The van der Waals surface area contributed by atoms with Crippen molar-refractivity contribution in [3.63, 3.8) is 0 Å². The Hall–Kier alpha value is -4.09. The van der Waals surface area contributed by atoms with Crippen molar-refractivity contribution < 1.29 is 38.9 Å². The van der Waals surface area contributed by atoms with Gasteiger partial charge in [0.1, 0.15) is 24.2 Å². The van der Waals surface area contributed by atoms with Crippen molar-refractivity contribution in [1.82, 2.24) is 21.3 Å². The molecular formula is C26H36N4O8. The zero-order chi connectivity index (χ0) is 28.6. The first kappa shape index (κ1) is 30.1. The monoisotopic (exact) mass is 532 g/mol. The number of cyclic esters (lactones) is 1. The number of hydrogen-bond acceptors (Lipinski definition) is 8. The fraction of sp³-hybridized carbons (Fsp3) is 0.500. The summed E-state index contributed by atoms with van der Waals surface area (Å²) < 4.78 is 5.44. The van der Waals surface area contributed by atoms with Gasteiger partial charge in [-0.1, -0.05) is 26.8 Å². The van der Waals surface area contributed by atoms with E-state index in [0.29, 0.717) is 5.56 Å². The number of aromatic hydroxyl groups is 2. The van der Waals surface area contributed by atoms with Crippen molar-refractivity contribution >= 4 is 35.7 Å². The number of nitrogens with one attached hydrogen (secondary N) is 4. The second-order valence-corrected chi connectivity index (χ2v) is 9.78. The predicted molar refractivity (Wildman–Crippen MR) is 137 cm³/mol. The first-order valence-corrected chi connectivity index (χ1v) is 12.4. The van der Waals surface area contributed by atoms with Crippen LogP contribution in [0.1, 0.15) is 46.6 Å². The first-order chi connectivity index (χ1) is 17.8. The van der Waals surface area contributed by atoms with Crippen molar-refractivity contribution in [3.05, 3.63) is 29.8 Å². The van der Waals surface area contributed by atoms with E-state index in [1.165, 1.54) is 45.0 Å². The third kappa shape index (κ3) is 8.79. The third-order valence-corrected chi connectivity index (χ3v) is 5.86. The van der Waals surface area contributed by atoms with Crippen LogP contribution in [-0.2, 0) is 28.7 Å². The van der Waals surface area contributed by atoms with E-state index >= 15 is 0 Å². The van der Waals surface area contributed by atoms with E-state index in [1.54, 1.807) is 0 Å². The first-order valence-electron chi connectivity index (χ1n) is 12.4. The van der Waals surface area contributed by atoms with E-state index in [0.717, 1.165) is 6.08 Å². The quantitative estimate of drug-likeness (QED) is 0.178. The topological polar surface area (TPSA) is 183 Å². The summed E-state index contributed by atoms with van der Waals surface area (Å²) in [6, 6.07) is 0.677. The van der Waals surface area contributed by atoms with Gasteiger partial charge in [0.25, 0.3) is 0 Å². The molecule has 1 aliphatic heterocycles. The molecule has 5 unspecified atom stereocenters. The normalized spacial score (nSPS) is 25.7. The lowest BCUT2D eigenvalue weighted by atomic mass is 10.0. The van der Waals surface area contributed by atoms with Crippen LogP contribution in [0.4, 0.5) is 0 Å². The summed E-state index contributed by atoms with van der Waals surface area (Å²) in [5, 5.41) is 29.4. The van der Waals surface area contributed by atoms with Crippen molar-refractivity contribution in [1.29, 1.82) is 0 Å². The maximum absolute atomic E-state index is 13.3. The minimum atomic E-state index is -1.35. The van der Waals surface area contributed by atoms with Crippen LogP contribution < -0.4 is 21.3 Å². The summed E-state index contributed by atoms with van der Waals surface area (Å²) in [7, 11) is 0. The summed E-state index contributed by atoms with van der Waals surface area (Å²) in [5.74, 6) is -4.65. The number of esters is 1. The van der Waals surface area contributed by atoms with Crippen molar-refractivity contribution in [2.45, 2.75) is 65.3 Å². The Labute approximate surface area is 221 Å². The SMILES string of the molecule is CC(C)CC1NC(=O)C(NC(=O)C=Cc2ccc(O)c(O)c2)C(C)OC(=O)C(C)CNC(=O)C(C)NC1=O. The highest BCUT2D eigenvalue weighted by Gasteiger charge is 2.34. The molecule has 1 aromatic rings. The van der Waals surface area contributed by atoms with Crippen LogP contribution in [0, 0.1) is 11.8 Å². The molecule has 4 amide bonds. The molecular weight excluding hydrogens is 496 g/mol. The van der Waals surface area contributed by atoms with Gasteiger partial charge in [0.15, 0.2) is 11.5 Å². The average Bonchev–Trinajstić information content (AvgIpc) is 2.84. The summed E-state index contributed by atoms with van der Waals surface area (Å²) in [6.45, 7) is 8.12. The molecule has 0 radical (unpaired) electrons. The van der Waals surface area contributed by atoms with E-state index in [1.807, 2.05) is 13.8 Å². The third-order valence-electron chi connectivity index (χ3n) is 5.86. The van der Waals surface area contributed by atoms with Crippen molar-refractivity contribution in [3.8, 4) is 11.5 Å². The van der Waals surface area contributed by atoms with Gasteiger partial charge in [-0.05, 0) is 50.0 Å². The molecule has 2 rings (SSSR count). The molecule has 208 valence electrons. The number of carbonyl (C=O) groups is 5. The molecule has 0 aliphatic carbocycles. The number of rotatable bonds is 5. The van der Waals surface area contributed by atoms with Gasteiger partial charge >= 0.3 is 5.97 Å². The second-order valence-electron chi connectivity index (χ2n) is 9.78. The van der Waals surface area contributed by atoms with Crippen LogP contribution in [-0.4, -0.2) is 70.6 Å². The van der Waals surface area contributed by atoms with Crippen LogP contribution >= 0.6 is 0 Å². The number of phenols is 2. The lowest BCUT2D eigenvalue weighted by Crippen LogP contribution is -2.59. The van der Waals surface area contributed by atoms with E-state index in [4.69, 9.17) is 4.74 Å². The summed E-state index contributed by atoms with van der Waals surface area (Å²) >= 11 is 0. The standard InChI is InChI=1S/C26H36N4O8/c1-13(2)10-18-24(35)28-15(4)23(34)27-12-14(3)26(37)38-16(5)22(25(36)29-18)30-21(33)9-7-17-6-8-19(31)20(32)11-17/h6-9,11,13-16,18,22,31-32H,10,12H2,1-5H3,(H,27,34)(H,28,35)(H,29,36)(H,30,33). The van der Waals surface area contributed by atoms with Gasteiger partial charge in [-0.25, -0.2) is 0 Å². The van der Waals surface area contributed by atoms with Crippen LogP contribution in [0.3, 0.4) is 0 Å². The predicted octanol–water partition coefficient (Wildman–Crippen LogP) is 0.329. The van der Waals surface area contributed by atoms with Crippen molar-refractivity contribution in [2.75, 3.05) is 6.54 Å². The van der Waals surface area contributed by atoms with E-state index in [9.17, 15) is 34.2 Å². The molecule has 0 aromatic heterocycles. The highest BCUT2D eigenvalue weighted by atomic mass is 16.5. The molecule has 0 bridgehead atoms. The van der Waals surface area contributed by atoms with Crippen LogP contribution in [0.25, 0.3) is 6.08 Å². The number of benzene rings is 1. The highest BCUT2D eigenvalue weighted by molar-refractivity contribution is 5.97. The van der Waals surface area contributed by atoms with Crippen LogP contribution in [0.2, 0.25) is 0 Å². The van der Waals surface area contributed by atoms with Crippen molar-refractivity contribution in [2.24, 2.45) is 11.8 Å². The van der Waals surface area contributed by atoms with Crippen LogP contribution in [0.5, 0.6) is 11.5 Å². The zero-order valence-electron chi connectivity index (χ0n) is 22.1. The Bertz CT molecular complexity index is 1090. The largest absolute Gasteiger partial charge is 0.504 e. The second kappa shape index (κ2) is 13.5. The Morgan fingerprint density at radius 3 is 2.37 bits per heavy atom. The van der Waals surface area contributed by atoms with Gasteiger partial charge in [-0.15, -0.1) is 0 Å². The average molecular weight is 533 g/mol. The fourth-order valence-corrected chi connectivity index (χ4v) is 3.61. The Morgan fingerprint density at radius 2 is 1.74 bits per heavy atom. The van der Waals surface area contributed by atoms with E-state index in [-0.39, 0.29) is 30.4 Å². The Balaban J connectivity index is 2.32. The van der Waals surface area contributed by atoms with E-state index in [2.05, 4.69) is 21.3 Å². The number of amides is 4. The van der Waals surface area contributed by atoms with Gasteiger partial charge in [-0.3, -0.25) is 24.0 Å². The number of carbonyl (C=O) groups excluding carboxylic acids is 5. The van der Waals surface area contributed by atoms with Gasteiger partial charge < -0.3 is 36.2 Å². The molecule has 38 heavy (non-hydrogen) atoms. The van der Waals surface area contributed by atoms with Gasteiger partial charge in [-0.2, -0.15) is 0 Å². The van der Waals surface area contributed by atoms with Gasteiger partial charge in [0.2, 0.25) is 23.6 Å². The summed E-state index contributed by atoms with van der Waals surface area (Å²) in [6.07, 6.45) is 1.59. The minimum absolute atomic E-state index is 0.00265. The van der Waals surface area contributed by atoms with Crippen LogP contribution in [0.15, 0.2) is 24.3 Å². The molecule has 1 aromatic carbocycles. The number of hydrogen-bond donors (Lipinski definition) is 6. The Kier molecular flexibility index (Phi) is 10.7. The maximum Gasteiger partial charge on any atom is 0.310 e. The van der Waals surface area contributed by atoms with Gasteiger partial charge in [0, 0.05) is 12.6 Å². The molecule has 1 aliphatic rings. The minimum Gasteiger partial charge on any atom is -0.504 e. The number of ether oxygens (including phenoxy) is 1. The Morgan fingerprint density at radius 1 is 1.05 bits per heavy atom. The zero-order valence-corrected chi connectivity index (χ0v) is 22.1. The highest BCUT2D eigenvalue weighted by Crippen LogP contribution is 2.25. The molecule has 1 heterocycles. The number of phenolic OH excluding ortho intramolecular Hbond substituents is 2. The lowest BCUT2D eigenvalue weighted by molar-refractivity contribution is -0.156. The molecule has 0 saturated carbocycles. The smallest absolute Gasteiger partial charge is 0.310 e. The molecule has 1 saturated heterocycles. The molecule has 5 atom stereocenters. The molecule has 6 N–H and O–H groups in total. The summed E-state index contributed by atoms with van der Waals surface area (Å²) in [5.41, 5.74) is 0.407. The summed E-state index contributed by atoms with van der Waals surface area (Å²) in [4.78, 5) is 63.9. The fourth-order valence-electron chi connectivity index (χ4n) is 3.61. The molecule has 12 heteroatoms. The van der Waals surface area contributed by atoms with E-state index < -0.39 is 59.7 Å². The molecule has 1 fully saturated rings. The van der Waals surface area contributed by atoms with Gasteiger partial charge in [0.05, 0.1) is 5.92 Å². The maximum atomic E-state index is 13.3. The molecule has 12 nitrogen and oxygen atoms in total.